The molecule has 0 bridgehead atoms. The fourth-order valence-corrected chi connectivity index (χ4v) is 2.40. The van der Waals surface area contributed by atoms with Crippen molar-refractivity contribution in [2.45, 2.75) is 0 Å². The number of carbonyl (C=O) groups is 1. The van der Waals surface area contributed by atoms with Crippen LogP contribution in [0.2, 0.25) is 5.02 Å². The van der Waals surface area contributed by atoms with Crippen LogP contribution in [0.5, 0.6) is 0 Å². The Morgan fingerprint density at radius 3 is 2.70 bits per heavy atom. The molecule has 100 valence electrons. The maximum absolute atomic E-state index is 11.2. The van der Waals surface area contributed by atoms with Crippen molar-refractivity contribution in [3.05, 3.63) is 57.9 Å². The summed E-state index contributed by atoms with van der Waals surface area (Å²) in [5, 5.41) is 4.94. The third kappa shape index (κ3) is 2.30. The number of benzene rings is 1. The second-order valence-electron chi connectivity index (χ2n) is 4.05. The Kier molecular flexibility index (Phi) is 3.46. The van der Waals surface area contributed by atoms with E-state index < -0.39 is 0 Å². The first-order chi connectivity index (χ1) is 9.69. The number of aldehydes is 1. The third-order valence-corrected chi connectivity index (χ3v) is 3.52. The summed E-state index contributed by atoms with van der Waals surface area (Å²) in [6, 6.07) is 10.8. The maximum atomic E-state index is 11.2. The predicted molar refractivity (Wildman–Crippen MR) is 79.4 cm³/mol. The molecule has 4 nitrogen and oxygen atoms in total. The second kappa shape index (κ2) is 5.26. The lowest BCUT2D eigenvalue weighted by Gasteiger charge is -2.02. The Hall–Kier alpha value is -1.85. The molecular weight excluding hydrogens is 344 g/mol. The van der Waals surface area contributed by atoms with Gasteiger partial charge in [0.25, 0.3) is 0 Å². The van der Waals surface area contributed by atoms with Crippen LogP contribution in [0.25, 0.3) is 17.1 Å². The van der Waals surface area contributed by atoms with Crippen LogP contribution in [0.1, 0.15) is 10.4 Å². The highest BCUT2D eigenvalue weighted by Crippen LogP contribution is 2.28. The van der Waals surface area contributed by atoms with Crippen LogP contribution in [0.4, 0.5) is 0 Å². The molecule has 3 aromatic rings. The molecule has 0 atom stereocenters. The Balaban J connectivity index is 2.14. The van der Waals surface area contributed by atoms with E-state index in [1.807, 2.05) is 18.2 Å². The summed E-state index contributed by atoms with van der Waals surface area (Å²) in [6.45, 7) is 0. The summed E-state index contributed by atoms with van der Waals surface area (Å²) in [5.74, 6) is 0.518. The summed E-state index contributed by atoms with van der Waals surface area (Å²) in [4.78, 5) is 11.2. The first-order valence-corrected chi connectivity index (χ1v) is 6.91. The SMILES string of the molecule is O=Cc1cn(-c2ccccc2Cl)nc1-c1ccc(Br)o1. The van der Waals surface area contributed by atoms with Crippen LogP contribution in [0.15, 0.2) is 51.7 Å². The van der Waals surface area contributed by atoms with Gasteiger partial charge in [0, 0.05) is 6.20 Å². The van der Waals surface area contributed by atoms with Crippen LogP contribution in [-0.4, -0.2) is 16.1 Å². The monoisotopic (exact) mass is 350 g/mol. The quantitative estimate of drug-likeness (QED) is 0.659. The molecule has 20 heavy (non-hydrogen) atoms. The van der Waals surface area contributed by atoms with Crippen LogP contribution in [-0.2, 0) is 0 Å². The highest BCUT2D eigenvalue weighted by atomic mass is 79.9. The molecule has 0 saturated heterocycles. The lowest BCUT2D eigenvalue weighted by atomic mass is 10.2. The first-order valence-electron chi connectivity index (χ1n) is 5.74. The molecule has 6 heteroatoms. The smallest absolute Gasteiger partial charge is 0.169 e. The molecule has 0 radical (unpaired) electrons. The lowest BCUT2D eigenvalue weighted by Crippen LogP contribution is -1.95. The van der Waals surface area contributed by atoms with E-state index in [1.54, 1.807) is 29.1 Å². The molecule has 3 rings (SSSR count). The highest BCUT2D eigenvalue weighted by molar-refractivity contribution is 9.10. The minimum Gasteiger partial charge on any atom is -0.448 e. The van der Waals surface area contributed by atoms with Crippen LogP contribution in [0.3, 0.4) is 0 Å². The number of hydrogen-bond donors (Lipinski definition) is 0. The number of furan rings is 1. The van der Waals surface area contributed by atoms with Gasteiger partial charge in [0.2, 0.25) is 0 Å². The summed E-state index contributed by atoms with van der Waals surface area (Å²) in [7, 11) is 0. The fourth-order valence-electron chi connectivity index (χ4n) is 1.87. The van der Waals surface area contributed by atoms with Gasteiger partial charge in [0.15, 0.2) is 16.7 Å². The number of rotatable bonds is 3. The number of nitrogens with zero attached hydrogens (tertiary/aromatic N) is 2. The van der Waals surface area contributed by atoms with Crippen molar-refractivity contribution in [1.29, 1.82) is 0 Å². The molecule has 2 heterocycles. The molecule has 0 N–H and O–H groups in total. The van der Waals surface area contributed by atoms with Gasteiger partial charge in [-0.1, -0.05) is 23.7 Å². The Morgan fingerprint density at radius 1 is 1.25 bits per heavy atom. The topological polar surface area (TPSA) is 48.0 Å². The van der Waals surface area contributed by atoms with Gasteiger partial charge in [-0.25, -0.2) is 4.68 Å². The summed E-state index contributed by atoms with van der Waals surface area (Å²) in [5.41, 5.74) is 1.62. The normalized spacial score (nSPS) is 10.7. The van der Waals surface area contributed by atoms with Gasteiger partial charge >= 0.3 is 0 Å². The van der Waals surface area contributed by atoms with Crippen molar-refractivity contribution in [3.63, 3.8) is 0 Å². The summed E-state index contributed by atoms with van der Waals surface area (Å²) < 4.78 is 7.59. The zero-order valence-corrected chi connectivity index (χ0v) is 12.4. The number of hydrogen-bond acceptors (Lipinski definition) is 3. The van der Waals surface area contributed by atoms with E-state index in [1.165, 1.54) is 0 Å². The van der Waals surface area contributed by atoms with E-state index in [0.717, 1.165) is 6.29 Å². The molecule has 0 unspecified atom stereocenters. The van der Waals surface area contributed by atoms with Crippen LogP contribution >= 0.6 is 27.5 Å². The van der Waals surface area contributed by atoms with E-state index in [2.05, 4.69) is 21.0 Å². The fraction of sp³-hybridized carbons (Fsp3) is 0. The van der Waals surface area contributed by atoms with Gasteiger partial charge < -0.3 is 4.42 Å². The largest absolute Gasteiger partial charge is 0.448 e. The number of carbonyl (C=O) groups excluding carboxylic acids is 1. The maximum Gasteiger partial charge on any atom is 0.169 e. The summed E-state index contributed by atoms with van der Waals surface area (Å²) in [6.07, 6.45) is 2.37. The van der Waals surface area contributed by atoms with Gasteiger partial charge in [0.05, 0.1) is 16.3 Å². The van der Waals surface area contributed by atoms with Crippen molar-refractivity contribution in [1.82, 2.24) is 9.78 Å². The molecule has 0 amide bonds. The van der Waals surface area contributed by atoms with Gasteiger partial charge in [-0.2, -0.15) is 5.10 Å². The minimum atomic E-state index is 0.437. The van der Waals surface area contributed by atoms with Gasteiger partial charge in [-0.3, -0.25) is 4.79 Å². The molecule has 0 aliphatic carbocycles. The molecule has 0 saturated carbocycles. The van der Waals surface area contributed by atoms with Crippen molar-refractivity contribution in [2.75, 3.05) is 0 Å². The highest BCUT2D eigenvalue weighted by Gasteiger charge is 2.15. The van der Waals surface area contributed by atoms with E-state index in [0.29, 0.717) is 32.4 Å². The Morgan fingerprint density at radius 2 is 2.05 bits per heavy atom. The van der Waals surface area contributed by atoms with E-state index in [4.69, 9.17) is 16.0 Å². The molecule has 0 fully saturated rings. The zero-order valence-electron chi connectivity index (χ0n) is 10.1. The van der Waals surface area contributed by atoms with Crippen molar-refractivity contribution < 1.29 is 9.21 Å². The molecular formula is C14H8BrClN2O2. The predicted octanol–water partition coefficient (Wildman–Crippen LogP) is 4.36. The van der Waals surface area contributed by atoms with E-state index in [9.17, 15) is 4.79 Å². The minimum absolute atomic E-state index is 0.437. The van der Waals surface area contributed by atoms with Gasteiger partial charge in [0.1, 0.15) is 5.69 Å². The number of halogens is 2. The number of para-hydroxylation sites is 1. The van der Waals surface area contributed by atoms with E-state index >= 15 is 0 Å². The molecule has 1 aromatic carbocycles. The first kappa shape index (κ1) is 13.1. The zero-order chi connectivity index (χ0) is 14.1. The number of aromatic nitrogens is 2. The average molecular weight is 352 g/mol. The second-order valence-corrected chi connectivity index (χ2v) is 5.24. The lowest BCUT2D eigenvalue weighted by molar-refractivity contribution is 0.112. The molecule has 0 spiro atoms. The molecule has 0 aliphatic heterocycles. The van der Waals surface area contributed by atoms with Crippen LogP contribution < -0.4 is 0 Å². The van der Waals surface area contributed by atoms with Crippen molar-refractivity contribution in [2.24, 2.45) is 0 Å². The van der Waals surface area contributed by atoms with Gasteiger partial charge in [-0.05, 0) is 40.2 Å². The third-order valence-electron chi connectivity index (χ3n) is 2.78. The van der Waals surface area contributed by atoms with Crippen molar-refractivity contribution in [3.8, 4) is 17.1 Å². The Labute approximate surface area is 128 Å². The van der Waals surface area contributed by atoms with Crippen molar-refractivity contribution >= 4 is 33.8 Å². The Bertz CT molecular complexity index is 779. The van der Waals surface area contributed by atoms with Gasteiger partial charge in [-0.15, -0.1) is 0 Å². The van der Waals surface area contributed by atoms with Crippen LogP contribution in [0, 0.1) is 0 Å². The molecule has 0 aliphatic rings. The summed E-state index contributed by atoms with van der Waals surface area (Å²) >= 11 is 9.36. The standard InChI is InChI=1S/C14H8BrClN2O2/c15-13-6-5-12(20-13)14-9(8-19)7-18(17-14)11-4-2-1-3-10(11)16/h1-8H. The average Bonchev–Trinajstić information content (AvgIpc) is 3.05. The molecule has 2 aromatic heterocycles. The van der Waals surface area contributed by atoms with E-state index in [-0.39, 0.29) is 0 Å².